The van der Waals surface area contributed by atoms with Gasteiger partial charge in [0.05, 0.1) is 11.4 Å². The zero-order valence-corrected chi connectivity index (χ0v) is 14.7. The fraction of sp³-hybridized carbons (Fsp3) is 0.350. The first-order chi connectivity index (χ1) is 12.1. The smallest absolute Gasteiger partial charge is 0.123 e. The van der Waals surface area contributed by atoms with Gasteiger partial charge in [0, 0.05) is 30.4 Å². The molecule has 0 radical (unpaired) electrons. The number of pyridine rings is 2. The molecule has 25 heavy (non-hydrogen) atoms. The van der Waals surface area contributed by atoms with E-state index in [0.717, 1.165) is 34.2 Å². The van der Waals surface area contributed by atoms with E-state index >= 15 is 0 Å². The number of hydrogen-bond acceptors (Lipinski definition) is 4. The molecule has 0 amide bonds. The van der Waals surface area contributed by atoms with E-state index in [0.29, 0.717) is 11.7 Å². The fourth-order valence-electron chi connectivity index (χ4n) is 3.84. The Labute approximate surface area is 148 Å². The summed E-state index contributed by atoms with van der Waals surface area (Å²) < 4.78 is 2.23. The maximum Gasteiger partial charge on any atom is 0.123 e. The first-order valence-electron chi connectivity index (χ1n) is 8.86. The zero-order valence-electron chi connectivity index (χ0n) is 14.7. The molecule has 1 saturated carbocycles. The lowest BCUT2D eigenvalue weighted by Crippen LogP contribution is -2.04. The van der Waals surface area contributed by atoms with E-state index < -0.39 is 0 Å². The van der Waals surface area contributed by atoms with Crippen LogP contribution in [0.25, 0.3) is 22.6 Å². The molecular formula is C20H23N5. The molecule has 2 N–H and O–H groups in total. The quantitative estimate of drug-likeness (QED) is 0.783. The van der Waals surface area contributed by atoms with E-state index in [2.05, 4.69) is 16.6 Å². The minimum absolute atomic E-state index is 0.518. The third-order valence-corrected chi connectivity index (χ3v) is 5.04. The summed E-state index contributed by atoms with van der Waals surface area (Å²) in [6, 6.07) is 9.97. The number of nitrogen functional groups attached to an aromatic ring is 1. The molecule has 1 fully saturated rings. The summed E-state index contributed by atoms with van der Waals surface area (Å²) in [6.45, 7) is 2.01. The van der Waals surface area contributed by atoms with E-state index in [4.69, 9.17) is 15.7 Å². The van der Waals surface area contributed by atoms with Crippen LogP contribution < -0.4 is 5.73 Å². The van der Waals surface area contributed by atoms with Crippen LogP contribution in [0.3, 0.4) is 0 Å². The maximum absolute atomic E-state index is 5.93. The van der Waals surface area contributed by atoms with Crippen LogP contribution >= 0.6 is 0 Å². The lowest BCUT2D eigenvalue weighted by Gasteiger charge is -2.11. The molecule has 3 aromatic rings. The summed E-state index contributed by atoms with van der Waals surface area (Å²) >= 11 is 0. The molecular weight excluding hydrogens is 310 g/mol. The van der Waals surface area contributed by atoms with Crippen LogP contribution in [0.5, 0.6) is 0 Å². The first-order valence-corrected chi connectivity index (χ1v) is 8.86. The van der Waals surface area contributed by atoms with Gasteiger partial charge in [-0.05, 0) is 44.0 Å². The van der Waals surface area contributed by atoms with Crippen LogP contribution in [0.4, 0.5) is 5.82 Å². The Hall–Kier alpha value is -2.69. The molecule has 0 spiro atoms. The number of hydrogen-bond donors (Lipinski definition) is 1. The predicted molar refractivity (Wildman–Crippen MR) is 100 cm³/mol. The van der Waals surface area contributed by atoms with E-state index in [1.165, 1.54) is 25.7 Å². The van der Waals surface area contributed by atoms with Crippen LogP contribution in [0.15, 0.2) is 36.5 Å². The van der Waals surface area contributed by atoms with Gasteiger partial charge < -0.3 is 10.3 Å². The Morgan fingerprint density at radius 1 is 1.12 bits per heavy atom. The number of anilines is 1. The van der Waals surface area contributed by atoms with Gasteiger partial charge in [-0.25, -0.2) is 9.97 Å². The summed E-state index contributed by atoms with van der Waals surface area (Å²) in [5.74, 6) is 2.20. The molecule has 0 saturated heterocycles. The van der Waals surface area contributed by atoms with Crippen molar-refractivity contribution >= 4 is 5.82 Å². The monoisotopic (exact) mass is 333 g/mol. The molecule has 1 aliphatic carbocycles. The third-order valence-electron chi connectivity index (χ3n) is 5.04. The van der Waals surface area contributed by atoms with E-state index in [1.807, 2.05) is 37.3 Å². The zero-order chi connectivity index (χ0) is 17.4. The Kier molecular flexibility index (Phi) is 3.99. The Morgan fingerprint density at radius 2 is 1.92 bits per heavy atom. The van der Waals surface area contributed by atoms with Gasteiger partial charge in [0.15, 0.2) is 0 Å². The third kappa shape index (κ3) is 2.90. The van der Waals surface area contributed by atoms with Crippen molar-refractivity contribution in [2.75, 3.05) is 5.73 Å². The number of nitrogens with two attached hydrogens (primary N) is 1. The second-order valence-corrected chi connectivity index (χ2v) is 6.84. The van der Waals surface area contributed by atoms with E-state index in [-0.39, 0.29) is 0 Å². The first kappa shape index (κ1) is 15.8. The van der Waals surface area contributed by atoms with E-state index in [9.17, 15) is 0 Å². The summed E-state index contributed by atoms with van der Waals surface area (Å²) in [7, 11) is 2.10. The molecule has 0 bridgehead atoms. The summed E-state index contributed by atoms with van der Waals surface area (Å²) in [5.41, 5.74) is 10.9. The number of aryl methyl sites for hydroxylation is 1. The molecule has 3 aromatic heterocycles. The van der Waals surface area contributed by atoms with Gasteiger partial charge in [0.2, 0.25) is 0 Å². The minimum atomic E-state index is 0.518. The molecule has 0 atom stereocenters. The molecule has 0 unspecified atom stereocenters. The average Bonchev–Trinajstić information content (AvgIpc) is 3.22. The summed E-state index contributed by atoms with van der Waals surface area (Å²) in [4.78, 5) is 13.9. The standard InChI is InChI=1S/C20H23N5/c1-13-6-5-9-16(23-13)18-19(15-10-11-22-17(21)12-15)25(2)20(24-18)14-7-3-4-8-14/h5-6,9-12,14H,3-4,7-8H2,1-2H3,(H2,21,22). The lowest BCUT2D eigenvalue weighted by molar-refractivity contribution is 0.634. The predicted octanol–water partition coefficient (Wildman–Crippen LogP) is 4.09. The van der Waals surface area contributed by atoms with Crippen molar-refractivity contribution in [3.05, 3.63) is 48.0 Å². The maximum atomic E-state index is 5.93. The Bertz CT molecular complexity index is 906. The summed E-state index contributed by atoms with van der Waals surface area (Å²) in [5, 5.41) is 0. The van der Waals surface area contributed by atoms with Crippen molar-refractivity contribution in [1.82, 2.24) is 19.5 Å². The topological polar surface area (TPSA) is 69.6 Å². The minimum Gasteiger partial charge on any atom is -0.384 e. The van der Waals surface area contributed by atoms with Gasteiger partial charge in [0.25, 0.3) is 0 Å². The molecule has 0 aromatic carbocycles. The van der Waals surface area contributed by atoms with Gasteiger partial charge in [0.1, 0.15) is 17.3 Å². The normalized spacial score (nSPS) is 15.0. The van der Waals surface area contributed by atoms with Crippen molar-refractivity contribution in [1.29, 1.82) is 0 Å². The van der Waals surface area contributed by atoms with Gasteiger partial charge in [-0.1, -0.05) is 18.9 Å². The highest BCUT2D eigenvalue weighted by Crippen LogP contribution is 2.39. The Balaban J connectivity index is 1.93. The molecule has 1 aliphatic rings. The molecule has 5 heteroatoms. The Morgan fingerprint density at radius 3 is 2.64 bits per heavy atom. The number of rotatable bonds is 3. The van der Waals surface area contributed by atoms with Gasteiger partial charge in [-0.2, -0.15) is 0 Å². The molecule has 0 aliphatic heterocycles. The molecule has 3 heterocycles. The number of imidazole rings is 1. The highest BCUT2D eigenvalue weighted by atomic mass is 15.1. The van der Waals surface area contributed by atoms with Crippen LogP contribution in [0.1, 0.15) is 43.1 Å². The fourth-order valence-corrected chi connectivity index (χ4v) is 3.84. The van der Waals surface area contributed by atoms with Crippen molar-refractivity contribution in [3.8, 4) is 22.6 Å². The van der Waals surface area contributed by atoms with Crippen molar-refractivity contribution in [2.24, 2.45) is 7.05 Å². The van der Waals surface area contributed by atoms with Crippen molar-refractivity contribution < 1.29 is 0 Å². The van der Waals surface area contributed by atoms with Crippen LogP contribution in [-0.4, -0.2) is 19.5 Å². The SMILES string of the molecule is Cc1cccc(-c2nc(C3CCCC3)n(C)c2-c2ccnc(N)c2)n1. The largest absolute Gasteiger partial charge is 0.384 e. The average molecular weight is 333 g/mol. The number of nitrogens with zero attached hydrogens (tertiary/aromatic N) is 4. The molecule has 128 valence electrons. The van der Waals surface area contributed by atoms with Crippen LogP contribution in [0, 0.1) is 6.92 Å². The molecule has 5 nitrogen and oxygen atoms in total. The van der Waals surface area contributed by atoms with Gasteiger partial charge >= 0.3 is 0 Å². The second kappa shape index (κ2) is 6.31. The number of aromatic nitrogens is 4. The second-order valence-electron chi connectivity index (χ2n) is 6.84. The van der Waals surface area contributed by atoms with Crippen LogP contribution in [-0.2, 0) is 7.05 Å². The lowest BCUT2D eigenvalue weighted by atomic mass is 10.1. The van der Waals surface area contributed by atoms with Crippen LogP contribution in [0.2, 0.25) is 0 Å². The van der Waals surface area contributed by atoms with Crippen molar-refractivity contribution in [3.63, 3.8) is 0 Å². The molecule has 4 rings (SSSR count). The highest BCUT2D eigenvalue weighted by molar-refractivity contribution is 5.78. The van der Waals surface area contributed by atoms with E-state index in [1.54, 1.807) is 6.20 Å². The van der Waals surface area contributed by atoms with Gasteiger partial charge in [-0.15, -0.1) is 0 Å². The van der Waals surface area contributed by atoms with Crippen molar-refractivity contribution in [2.45, 2.75) is 38.5 Å². The van der Waals surface area contributed by atoms with Gasteiger partial charge in [-0.3, -0.25) is 4.98 Å². The highest BCUT2D eigenvalue weighted by Gasteiger charge is 2.26. The summed E-state index contributed by atoms with van der Waals surface area (Å²) in [6.07, 6.45) is 6.74.